The summed E-state index contributed by atoms with van der Waals surface area (Å²) in [5, 5.41) is 7.70. The predicted octanol–water partition coefficient (Wildman–Crippen LogP) is 3.02. The molecule has 3 rings (SSSR count). The second-order valence-electron chi connectivity index (χ2n) is 6.80. The number of ether oxygens (including phenoxy) is 1. The van der Waals surface area contributed by atoms with Gasteiger partial charge in [0.15, 0.2) is 0 Å². The van der Waals surface area contributed by atoms with Crippen molar-refractivity contribution in [2.75, 3.05) is 12.4 Å². The lowest BCUT2D eigenvalue weighted by atomic mass is 10.1. The number of anilines is 1. The Labute approximate surface area is 184 Å². The van der Waals surface area contributed by atoms with Gasteiger partial charge >= 0.3 is 11.8 Å². The molecule has 8 heteroatoms. The zero-order chi connectivity index (χ0) is 22.9. The van der Waals surface area contributed by atoms with Gasteiger partial charge in [0.25, 0.3) is 5.91 Å². The highest BCUT2D eigenvalue weighted by Gasteiger charge is 2.18. The average Bonchev–Trinajstić information content (AvgIpc) is 2.82. The summed E-state index contributed by atoms with van der Waals surface area (Å²) in [5.41, 5.74) is 1.85. The number of halogens is 1. The van der Waals surface area contributed by atoms with Crippen molar-refractivity contribution >= 4 is 23.4 Å². The Kier molecular flexibility index (Phi) is 7.53. The Morgan fingerprint density at radius 2 is 1.50 bits per heavy atom. The van der Waals surface area contributed by atoms with Crippen LogP contribution in [0.15, 0.2) is 72.8 Å². The summed E-state index contributed by atoms with van der Waals surface area (Å²) < 4.78 is 18.2. The molecule has 0 bridgehead atoms. The van der Waals surface area contributed by atoms with E-state index in [2.05, 4.69) is 16.0 Å². The van der Waals surface area contributed by atoms with Gasteiger partial charge in [-0.05, 0) is 35.9 Å². The molecule has 0 atom stereocenters. The highest BCUT2D eigenvalue weighted by Crippen LogP contribution is 2.18. The van der Waals surface area contributed by atoms with Crippen LogP contribution in [-0.2, 0) is 22.7 Å². The Morgan fingerprint density at radius 3 is 2.25 bits per heavy atom. The molecule has 0 unspecified atom stereocenters. The number of hydrogen-bond acceptors (Lipinski definition) is 4. The number of hydrogen-bond donors (Lipinski definition) is 3. The van der Waals surface area contributed by atoms with E-state index in [1.807, 2.05) is 18.2 Å². The van der Waals surface area contributed by atoms with Crippen LogP contribution in [0.4, 0.5) is 10.1 Å². The van der Waals surface area contributed by atoms with E-state index >= 15 is 0 Å². The van der Waals surface area contributed by atoms with Gasteiger partial charge in [-0.25, -0.2) is 4.39 Å². The van der Waals surface area contributed by atoms with Crippen molar-refractivity contribution in [1.29, 1.82) is 0 Å². The Morgan fingerprint density at radius 1 is 0.812 bits per heavy atom. The quantitative estimate of drug-likeness (QED) is 0.497. The van der Waals surface area contributed by atoms with E-state index < -0.39 is 23.5 Å². The highest BCUT2D eigenvalue weighted by molar-refractivity contribution is 6.40. The molecule has 0 radical (unpaired) electrons. The van der Waals surface area contributed by atoms with E-state index in [0.29, 0.717) is 11.3 Å². The summed E-state index contributed by atoms with van der Waals surface area (Å²) >= 11 is 0. The van der Waals surface area contributed by atoms with Crippen LogP contribution in [0.5, 0.6) is 5.75 Å². The van der Waals surface area contributed by atoms with Crippen LogP contribution in [0.1, 0.15) is 21.5 Å². The molecule has 0 fully saturated rings. The SMILES string of the molecule is COc1ccccc1CNC(=O)c1ccccc1NC(=O)C(=O)NCc1ccc(F)cc1. The number of nitrogens with one attached hydrogen (secondary N) is 3. The molecule has 0 saturated heterocycles. The zero-order valence-corrected chi connectivity index (χ0v) is 17.4. The van der Waals surface area contributed by atoms with Gasteiger partial charge in [0, 0.05) is 18.7 Å². The largest absolute Gasteiger partial charge is 0.496 e. The first kappa shape index (κ1) is 22.5. The van der Waals surface area contributed by atoms with Crippen LogP contribution in [0.3, 0.4) is 0 Å². The summed E-state index contributed by atoms with van der Waals surface area (Å²) in [6, 6.07) is 19.2. The smallest absolute Gasteiger partial charge is 0.313 e. The molecule has 32 heavy (non-hydrogen) atoms. The number of rotatable bonds is 7. The monoisotopic (exact) mass is 435 g/mol. The van der Waals surface area contributed by atoms with Gasteiger partial charge in [0.1, 0.15) is 11.6 Å². The maximum absolute atomic E-state index is 13.0. The maximum Gasteiger partial charge on any atom is 0.313 e. The fraction of sp³-hybridized carbons (Fsp3) is 0.125. The predicted molar refractivity (Wildman–Crippen MR) is 117 cm³/mol. The van der Waals surface area contributed by atoms with E-state index in [-0.39, 0.29) is 24.3 Å². The zero-order valence-electron chi connectivity index (χ0n) is 17.4. The van der Waals surface area contributed by atoms with Gasteiger partial charge < -0.3 is 20.7 Å². The molecule has 0 aliphatic heterocycles. The van der Waals surface area contributed by atoms with Crippen molar-refractivity contribution < 1.29 is 23.5 Å². The summed E-state index contributed by atoms with van der Waals surface area (Å²) in [7, 11) is 1.55. The number of carbonyl (C=O) groups is 3. The van der Waals surface area contributed by atoms with Gasteiger partial charge in [-0.15, -0.1) is 0 Å². The second-order valence-corrected chi connectivity index (χ2v) is 6.80. The average molecular weight is 435 g/mol. The number of methoxy groups -OCH3 is 1. The number of para-hydroxylation sites is 2. The molecular weight excluding hydrogens is 413 g/mol. The molecule has 3 aromatic rings. The Bertz CT molecular complexity index is 1120. The number of carbonyl (C=O) groups excluding carboxylic acids is 3. The van der Waals surface area contributed by atoms with Crippen LogP contribution >= 0.6 is 0 Å². The van der Waals surface area contributed by atoms with Gasteiger partial charge in [0.2, 0.25) is 0 Å². The summed E-state index contributed by atoms with van der Waals surface area (Å²) in [4.78, 5) is 37.1. The minimum absolute atomic E-state index is 0.0631. The Balaban J connectivity index is 1.61. The normalized spacial score (nSPS) is 10.2. The topological polar surface area (TPSA) is 96.5 Å². The minimum Gasteiger partial charge on any atom is -0.496 e. The van der Waals surface area contributed by atoms with Crippen molar-refractivity contribution in [3.05, 3.63) is 95.3 Å². The summed E-state index contributed by atoms with van der Waals surface area (Å²) in [6.07, 6.45) is 0. The number of benzene rings is 3. The van der Waals surface area contributed by atoms with Gasteiger partial charge in [-0.2, -0.15) is 0 Å². The molecule has 7 nitrogen and oxygen atoms in total. The highest BCUT2D eigenvalue weighted by atomic mass is 19.1. The third-order valence-electron chi connectivity index (χ3n) is 4.62. The summed E-state index contributed by atoms with van der Waals surface area (Å²) in [6.45, 7) is 0.289. The van der Waals surface area contributed by atoms with Gasteiger partial charge in [0.05, 0.1) is 18.4 Å². The summed E-state index contributed by atoms with van der Waals surface area (Å²) in [5.74, 6) is -1.96. The first-order valence-corrected chi connectivity index (χ1v) is 9.80. The minimum atomic E-state index is -0.919. The van der Waals surface area contributed by atoms with Crippen molar-refractivity contribution in [1.82, 2.24) is 10.6 Å². The molecular formula is C24H22FN3O4. The lowest BCUT2D eigenvalue weighted by Gasteiger charge is -2.13. The lowest BCUT2D eigenvalue weighted by Crippen LogP contribution is -2.35. The third kappa shape index (κ3) is 5.91. The van der Waals surface area contributed by atoms with E-state index in [9.17, 15) is 18.8 Å². The molecule has 164 valence electrons. The van der Waals surface area contributed by atoms with Crippen LogP contribution < -0.4 is 20.7 Å². The van der Waals surface area contributed by atoms with E-state index in [1.54, 1.807) is 31.4 Å². The molecule has 0 heterocycles. The van der Waals surface area contributed by atoms with Crippen LogP contribution in [-0.4, -0.2) is 24.8 Å². The van der Waals surface area contributed by atoms with E-state index in [4.69, 9.17) is 4.74 Å². The molecule has 3 N–H and O–H groups in total. The van der Waals surface area contributed by atoms with Crippen molar-refractivity contribution in [3.8, 4) is 5.75 Å². The molecule has 0 spiro atoms. The van der Waals surface area contributed by atoms with Crippen molar-refractivity contribution in [3.63, 3.8) is 0 Å². The van der Waals surface area contributed by atoms with E-state index in [0.717, 1.165) is 5.56 Å². The Hall–Kier alpha value is -4.20. The second kappa shape index (κ2) is 10.7. The van der Waals surface area contributed by atoms with Crippen LogP contribution in [0.2, 0.25) is 0 Å². The fourth-order valence-electron chi connectivity index (χ4n) is 2.95. The maximum atomic E-state index is 13.0. The third-order valence-corrected chi connectivity index (χ3v) is 4.62. The first-order chi connectivity index (χ1) is 15.5. The number of amides is 3. The molecule has 0 aliphatic carbocycles. The molecule has 0 saturated carbocycles. The van der Waals surface area contributed by atoms with Crippen LogP contribution in [0, 0.1) is 5.82 Å². The van der Waals surface area contributed by atoms with Crippen molar-refractivity contribution in [2.45, 2.75) is 13.1 Å². The molecule has 3 aromatic carbocycles. The molecule has 3 amide bonds. The van der Waals surface area contributed by atoms with Crippen molar-refractivity contribution in [2.24, 2.45) is 0 Å². The first-order valence-electron chi connectivity index (χ1n) is 9.80. The van der Waals surface area contributed by atoms with E-state index in [1.165, 1.54) is 30.3 Å². The molecule has 0 aliphatic rings. The molecule has 0 aromatic heterocycles. The van der Waals surface area contributed by atoms with Crippen LogP contribution in [0.25, 0.3) is 0 Å². The standard InChI is InChI=1S/C24H22FN3O4/c1-32-21-9-5-2-6-17(21)15-27-22(29)19-7-3-4-8-20(19)28-24(31)23(30)26-14-16-10-12-18(25)13-11-16/h2-13H,14-15H2,1H3,(H,26,30)(H,27,29)(H,28,31). The fourth-order valence-corrected chi connectivity index (χ4v) is 2.95. The lowest BCUT2D eigenvalue weighted by molar-refractivity contribution is -0.136. The van der Waals surface area contributed by atoms with Gasteiger partial charge in [-0.3, -0.25) is 14.4 Å². The van der Waals surface area contributed by atoms with Gasteiger partial charge in [-0.1, -0.05) is 42.5 Å².